The molecule has 1 aromatic heterocycles. The van der Waals surface area contributed by atoms with Crippen molar-refractivity contribution in [3.05, 3.63) is 18.1 Å². The fourth-order valence-corrected chi connectivity index (χ4v) is 1.43. The van der Waals surface area contributed by atoms with Gasteiger partial charge in [0.05, 0.1) is 24.7 Å². The Hall–Kier alpha value is -0.810. The van der Waals surface area contributed by atoms with E-state index in [1.54, 1.807) is 24.2 Å². The van der Waals surface area contributed by atoms with E-state index < -0.39 is 0 Å². The Morgan fingerprint density at radius 3 is 2.85 bits per heavy atom. The second-order valence-corrected chi connectivity index (χ2v) is 3.52. The molecule has 0 saturated carbocycles. The highest BCUT2D eigenvalue weighted by molar-refractivity contribution is 7.98. The first-order valence-corrected chi connectivity index (χ1v) is 5.19. The first-order chi connectivity index (χ1) is 6.36. The highest BCUT2D eigenvalue weighted by Crippen LogP contribution is 2.09. The molecular weight excluding hydrogens is 186 g/mol. The van der Waals surface area contributed by atoms with Crippen LogP contribution in [0.1, 0.15) is 5.69 Å². The van der Waals surface area contributed by atoms with E-state index >= 15 is 0 Å². The fraction of sp³-hybridized carbons (Fsp3) is 0.500. The molecule has 0 saturated heterocycles. The number of hydrogen-bond acceptors (Lipinski definition) is 5. The number of aliphatic hydroxyl groups is 1. The summed E-state index contributed by atoms with van der Waals surface area (Å²) in [5.74, 6) is 2.32. The van der Waals surface area contributed by atoms with Crippen LogP contribution >= 0.6 is 11.8 Å². The highest BCUT2D eigenvalue weighted by Gasteiger charge is 1.95. The first-order valence-electron chi connectivity index (χ1n) is 4.04. The van der Waals surface area contributed by atoms with Crippen LogP contribution in [0.25, 0.3) is 0 Å². The topological polar surface area (TPSA) is 58.0 Å². The molecule has 0 aliphatic rings. The van der Waals surface area contributed by atoms with Crippen molar-refractivity contribution >= 4 is 17.6 Å². The van der Waals surface area contributed by atoms with Gasteiger partial charge in [0.25, 0.3) is 0 Å². The van der Waals surface area contributed by atoms with Crippen molar-refractivity contribution in [2.24, 2.45) is 0 Å². The van der Waals surface area contributed by atoms with Crippen LogP contribution in [0.4, 0.5) is 5.82 Å². The first kappa shape index (κ1) is 10.3. The number of nitrogens with one attached hydrogen (secondary N) is 1. The van der Waals surface area contributed by atoms with Crippen LogP contribution in [-0.2, 0) is 5.75 Å². The molecule has 0 unspecified atom stereocenters. The summed E-state index contributed by atoms with van der Waals surface area (Å²) in [6.45, 7) is 0.215. The Morgan fingerprint density at radius 1 is 1.46 bits per heavy atom. The molecule has 0 spiro atoms. The summed E-state index contributed by atoms with van der Waals surface area (Å²) in [6.07, 6.45) is 3.45. The fourth-order valence-electron chi connectivity index (χ4n) is 0.800. The Balaban J connectivity index is 2.40. The van der Waals surface area contributed by atoms with Gasteiger partial charge in [-0.3, -0.25) is 4.98 Å². The molecule has 0 aliphatic heterocycles. The molecule has 0 aromatic carbocycles. The molecule has 4 nitrogen and oxygen atoms in total. The van der Waals surface area contributed by atoms with Crippen LogP contribution in [0.15, 0.2) is 12.4 Å². The lowest BCUT2D eigenvalue weighted by Gasteiger charge is -2.00. The van der Waals surface area contributed by atoms with Crippen molar-refractivity contribution in [1.29, 1.82) is 0 Å². The average Bonchev–Trinajstić information content (AvgIpc) is 2.19. The zero-order valence-corrected chi connectivity index (χ0v) is 8.34. The third kappa shape index (κ3) is 3.61. The molecular formula is C8H13N3OS. The number of aliphatic hydroxyl groups excluding tert-OH is 1. The summed E-state index contributed by atoms with van der Waals surface area (Å²) in [6, 6.07) is 0. The van der Waals surface area contributed by atoms with E-state index in [-0.39, 0.29) is 6.61 Å². The highest BCUT2D eigenvalue weighted by atomic mass is 32.2. The molecule has 0 bridgehead atoms. The Kier molecular flexibility index (Phi) is 4.56. The number of aromatic nitrogens is 2. The monoisotopic (exact) mass is 199 g/mol. The van der Waals surface area contributed by atoms with Crippen LogP contribution in [0.3, 0.4) is 0 Å². The number of anilines is 1. The van der Waals surface area contributed by atoms with Gasteiger partial charge in [0.2, 0.25) is 0 Å². The minimum atomic E-state index is 0.215. The maximum Gasteiger partial charge on any atom is 0.144 e. The molecule has 13 heavy (non-hydrogen) atoms. The van der Waals surface area contributed by atoms with Crippen molar-refractivity contribution in [2.45, 2.75) is 5.75 Å². The number of rotatable bonds is 5. The zero-order valence-electron chi connectivity index (χ0n) is 7.53. The summed E-state index contributed by atoms with van der Waals surface area (Å²) in [5, 5.41) is 11.5. The number of thioether (sulfide) groups is 1. The minimum absolute atomic E-state index is 0.215. The maximum atomic E-state index is 8.56. The van der Waals surface area contributed by atoms with E-state index in [1.807, 2.05) is 7.05 Å². The molecule has 0 radical (unpaired) electrons. The van der Waals surface area contributed by atoms with Gasteiger partial charge < -0.3 is 10.4 Å². The van der Waals surface area contributed by atoms with E-state index in [1.165, 1.54) is 0 Å². The lowest BCUT2D eigenvalue weighted by atomic mass is 10.5. The van der Waals surface area contributed by atoms with E-state index in [0.29, 0.717) is 0 Å². The minimum Gasteiger partial charge on any atom is -0.396 e. The van der Waals surface area contributed by atoms with Crippen molar-refractivity contribution in [2.75, 3.05) is 24.7 Å². The van der Waals surface area contributed by atoms with Gasteiger partial charge in [-0.25, -0.2) is 4.98 Å². The van der Waals surface area contributed by atoms with Gasteiger partial charge in [-0.1, -0.05) is 0 Å². The van der Waals surface area contributed by atoms with Crippen molar-refractivity contribution in [3.63, 3.8) is 0 Å². The van der Waals surface area contributed by atoms with Crippen LogP contribution in [0.5, 0.6) is 0 Å². The standard InChI is InChI=1S/C8H13N3OS/c1-9-8-5-10-7(4-11-8)6-13-3-2-12/h4-5,12H,2-3,6H2,1H3,(H,9,11). The maximum absolute atomic E-state index is 8.56. The van der Waals surface area contributed by atoms with Crippen LogP contribution in [-0.4, -0.2) is 34.5 Å². The van der Waals surface area contributed by atoms with Crippen LogP contribution in [0.2, 0.25) is 0 Å². The van der Waals surface area contributed by atoms with Crippen molar-refractivity contribution in [1.82, 2.24) is 9.97 Å². The van der Waals surface area contributed by atoms with Gasteiger partial charge in [0, 0.05) is 18.6 Å². The molecule has 0 fully saturated rings. The molecule has 1 rings (SSSR count). The van der Waals surface area contributed by atoms with E-state index in [4.69, 9.17) is 5.11 Å². The second kappa shape index (κ2) is 5.77. The lowest BCUT2D eigenvalue weighted by molar-refractivity contribution is 0.322. The van der Waals surface area contributed by atoms with Crippen molar-refractivity contribution in [3.8, 4) is 0 Å². The van der Waals surface area contributed by atoms with E-state index in [0.717, 1.165) is 23.0 Å². The molecule has 72 valence electrons. The van der Waals surface area contributed by atoms with Crippen molar-refractivity contribution < 1.29 is 5.11 Å². The third-order valence-electron chi connectivity index (χ3n) is 1.45. The summed E-state index contributed by atoms with van der Waals surface area (Å²) < 4.78 is 0. The second-order valence-electron chi connectivity index (χ2n) is 2.42. The van der Waals surface area contributed by atoms with Gasteiger partial charge in [-0.15, -0.1) is 0 Å². The molecule has 0 amide bonds. The summed E-state index contributed by atoms with van der Waals surface area (Å²) in [5.41, 5.74) is 0.942. The van der Waals surface area contributed by atoms with E-state index in [2.05, 4.69) is 15.3 Å². The third-order valence-corrected chi connectivity index (χ3v) is 2.42. The largest absolute Gasteiger partial charge is 0.396 e. The Bertz CT molecular complexity index is 240. The predicted octanol–water partition coefficient (Wildman–Crippen LogP) is 0.744. The lowest BCUT2D eigenvalue weighted by Crippen LogP contribution is -1.96. The SMILES string of the molecule is CNc1cnc(CSCCO)cn1. The number of hydrogen-bond donors (Lipinski definition) is 2. The van der Waals surface area contributed by atoms with Gasteiger partial charge in [-0.2, -0.15) is 11.8 Å². The van der Waals surface area contributed by atoms with Crippen LogP contribution in [0, 0.1) is 0 Å². The average molecular weight is 199 g/mol. The van der Waals surface area contributed by atoms with Crippen LogP contribution < -0.4 is 5.32 Å². The normalized spacial score (nSPS) is 10.0. The predicted molar refractivity (Wildman–Crippen MR) is 54.8 cm³/mol. The smallest absolute Gasteiger partial charge is 0.144 e. The Morgan fingerprint density at radius 2 is 2.31 bits per heavy atom. The molecule has 0 aliphatic carbocycles. The molecule has 1 heterocycles. The van der Waals surface area contributed by atoms with Gasteiger partial charge in [0.15, 0.2) is 0 Å². The molecule has 1 aromatic rings. The van der Waals surface area contributed by atoms with E-state index in [9.17, 15) is 0 Å². The molecule has 2 N–H and O–H groups in total. The zero-order chi connectivity index (χ0) is 9.52. The molecule has 0 atom stereocenters. The summed E-state index contributed by atoms with van der Waals surface area (Å²) in [4.78, 5) is 8.32. The quantitative estimate of drug-likeness (QED) is 0.685. The molecule has 5 heteroatoms. The van der Waals surface area contributed by atoms with Gasteiger partial charge >= 0.3 is 0 Å². The Labute approximate surface area is 81.8 Å². The summed E-state index contributed by atoms with van der Waals surface area (Å²) >= 11 is 1.65. The summed E-state index contributed by atoms with van der Waals surface area (Å²) in [7, 11) is 1.81. The number of nitrogens with zero attached hydrogens (tertiary/aromatic N) is 2. The van der Waals surface area contributed by atoms with Gasteiger partial charge in [0.1, 0.15) is 5.82 Å². The van der Waals surface area contributed by atoms with Gasteiger partial charge in [-0.05, 0) is 0 Å².